The van der Waals surface area contributed by atoms with Crippen molar-refractivity contribution >= 4 is 44.9 Å². The molecule has 5 aromatic rings. The Morgan fingerprint density at radius 3 is 2.44 bits per heavy atom. The van der Waals surface area contributed by atoms with Crippen LogP contribution in [0.5, 0.6) is 0 Å². The van der Waals surface area contributed by atoms with Crippen molar-refractivity contribution in [1.82, 2.24) is 15.3 Å². The lowest BCUT2D eigenvalue weighted by atomic mass is 9.98. The Kier molecular flexibility index (Phi) is 6.01. The molecule has 8 heteroatoms. The van der Waals surface area contributed by atoms with Crippen LogP contribution in [0.3, 0.4) is 0 Å². The van der Waals surface area contributed by atoms with Crippen LogP contribution in [0.25, 0.3) is 39.0 Å². The zero-order valence-electron chi connectivity index (χ0n) is 22.1. The van der Waals surface area contributed by atoms with Crippen LogP contribution < -0.4 is 15.1 Å². The molecule has 1 N–H and O–H groups in total. The molecule has 2 aliphatic heterocycles. The lowest BCUT2D eigenvalue weighted by Crippen LogP contribution is -2.44. The number of fused-ring (bicyclic) bond motifs is 4. The van der Waals surface area contributed by atoms with Gasteiger partial charge in [-0.15, -0.1) is 0 Å². The SMILES string of the molecule is C=C1C=Cc2cnc3ccc(-c4cnc5ccccc5c4)cc3c2N1c1ccc(N2CCNCC2)c(C(F)(F)F)c1. The Labute approximate surface area is 235 Å². The predicted octanol–water partition coefficient (Wildman–Crippen LogP) is 7.56. The van der Waals surface area contributed by atoms with Crippen molar-refractivity contribution < 1.29 is 13.2 Å². The highest BCUT2D eigenvalue weighted by Crippen LogP contribution is 2.45. The van der Waals surface area contributed by atoms with E-state index >= 15 is 0 Å². The van der Waals surface area contributed by atoms with E-state index in [9.17, 15) is 13.2 Å². The van der Waals surface area contributed by atoms with Crippen LogP contribution in [0, 0.1) is 0 Å². The number of piperazine rings is 1. The molecule has 0 amide bonds. The zero-order chi connectivity index (χ0) is 28.1. The lowest BCUT2D eigenvalue weighted by Gasteiger charge is -2.34. The van der Waals surface area contributed by atoms with Gasteiger partial charge >= 0.3 is 6.18 Å². The molecule has 1 fully saturated rings. The third kappa shape index (κ3) is 4.50. The van der Waals surface area contributed by atoms with Crippen LogP contribution >= 0.6 is 0 Å². The molecule has 4 heterocycles. The Morgan fingerprint density at radius 1 is 0.805 bits per heavy atom. The molecule has 0 saturated carbocycles. The third-order valence-electron chi connectivity index (χ3n) is 7.76. The molecule has 0 unspecified atom stereocenters. The van der Waals surface area contributed by atoms with Gasteiger partial charge in [0.05, 0.1) is 22.3 Å². The molecule has 0 bridgehead atoms. The van der Waals surface area contributed by atoms with Crippen LogP contribution in [0.15, 0.2) is 97.5 Å². The normalized spacial score (nSPS) is 15.5. The fourth-order valence-corrected chi connectivity index (χ4v) is 5.74. The van der Waals surface area contributed by atoms with Crippen molar-refractivity contribution in [3.05, 3.63) is 109 Å². The first-order valence-electron chi connectivity index (χ1n) is 13.5. The molecule has 2 aliphatic rings. The summed E-state index contributed by atoms with van der Waals surface area (Å²) in [5.41, 5.74) is 5.61. The molecule has 3 aromatic carbocycles. The standard InChI is InChI=1S/C33H26F3N5/c1-21-6-7-24-19-39-30-10-8-22(25-16-23-4-2-3-5-29(23)38-20-25)17-27(30)32(24)41(21)26-9-11-31(28(18-26)33(34,35)36)40-14-12-37-13-15-40/h2-11,16-20,37H,1,12-15H2. The van der Waals surface area contributed by atoms with Gasteiger partial charge in [0.1, 0.15) is 0 Å². The Balaban J connectivity index is 1.39. The van der Waals surface area contributed by atoms with E-state index < -0.39 is 11.7 Å². The van der Waals surface area contributed by atoms with Crippen molar-refractivity contribution in [2.24, 2.45) is 0 Å². The third-order valence-corrected chi connectivity index (χ3v) is 7.76. The maximum absolute atomic E-state index is 14.4. The van der Waals surface area contributed by atoms with Crippen molar-refractivity contribution in [1.29, 1.82) is 0 Å². The minimum Gasteiger partial charge on any atom is -0.368 e. The van der Waals surface area contributed by atoms with Crippen LogP contribution in [-0.2, 0) is 6.18 Å². The summed E-state index contributed by atoms with van der Waals surface area (Å²) in [6.07, 6.45) is 2.80. The van der Waals surface area contributed by atoms with Gasteiger partial charge in [0.25, 0.3) is 0 Å². The van der Waals surface area contributed by atoms with Gasteiger partial charge in [0.2, 0.25) is 0 Å². The molecule has 0 radical (unpaired) electrons. The average molecular weight is 550 g/mol. The highest BCUT2D eigenvalue weighted by atomic mass is 19.4. The number of halogens is 3. The van der Waals surface area contributed by atoms with E-state index in [0.29, 0.717) is 37.6 Å². The summed E-state index contributed by atoms with van der Waals surface area (Å²) in [5.74, 6) is 0. The van der Waals surface area contributed by atoms with Gasteiger partial charge in [-0.1, -0.05) is 30.8 Å². The monoisotopic (exact) mass is 549 g/mol. The molecule has 0 aliphatic carbocycles. The molecular formula is C33H26F3N5. The molecule has 204 valence electrons. The first kappa shape index (κ1) is 25.3. The summed E-state index contributed by atoms with van der Waals surface area (Å²) < 4.78 is 43.3. The number of allylic oxidation sites excluding steroid dienone is 1. The number of para-hydroxylation sites is 1. The maximum atomic E-state index is 14.4. The smallest absolute Gasteiger partial charge is 0.368 e. The summed E-state index contributed by atoms with van der Waals surface area (Å²) in [7, 11) is 0. The Hall–Kier alpha value is -4.69. The fourth-order valence-electron chi connectivity index (χ4n) is 5.74. The van der Waals surface area contributed by atoms with E-state index in [0.717, 1.165) is 44.2 Å². The van der Waals surface area contributed by atoms with Gasteiger partial charge in [-0.2, -0.15) is 13.2 Å². The van der Waals surface area contributed by atoms with Crippen molar-refractivity contribution in [2.45, 2.75) is 6.18 Å². The minimum absolute atomic E-state index is 0.201. The molecule has 1 saturated heterocycles. The Morgan fingerprint density at radius 2 is 1.61 bits per heavy atom. The fraction of sp³-hybridized carbons (Fsp3) is 0.152. The first-order chi connectivity index (χ1) is 19.9. The quantitative estimate of drug-likeness (QED) is 0.252. The van der Waals surface area contributed by atoms with Gasteiger partial charge in [0, 0.05) is 77.5 Å². The minimum atomic E-state index is -4.51. The number of nitrogens with one attached hydrogen (secondary N) is 1. The summed E-state index contributed by atoms with van der Waals surface area (Å²) in [6, 6.07) is 20.6. The number of hydrogen-bond acceptors (Lipinski definition) is 5. The summed E-state index contributed by atoms with van der Waals surface area (Å²) in [5, 5.41) is 5.05. The van der Waals surface area contributed by atoms with Crippen LogP contribution in [0.4, 0.5) is 30.2 Å². The topological polar surface area (TPSA) is 44.3 Å². The van der Waals surface area contributed by atoms with E-state index in [4.69, 9.17) is 0 Å². The van der Waals surface area contributed by atoms with Crippen molar-refractivity contribution in [3.8, 4) is 11.1 Å². The second kappa shape index (κ2) is 9.74. The van der Waals surface area contributed by atoms with Gasteiger partial charge in [-0.25, -0.2) is 0 Å². The average Bonchev–Trinajstić information content (AvgIpc) is 3.00. The maximum Gasteiger partial charge on any atom is 0.418 e. The van der Waals surface area contributed by atoms with E-state index in [1.54, 1.807) is 28.1 Å². The lowest BCUT2D eigenvalue weighted by molar-refractivity contribution is -0.137. The molecule has 7 rings (SSSR count). The molecule has 2 aromatic heterocycles. The first-order valence-corrected chi connectivity index (χ1v) is 13.5. The van der Waals surface area contributed by atoms with Gasteiger partial charge < -0.3 is 15.1 Å². The largest absolute Gasteiger partial charge is 0.418 e. The number of hydrogen-bond donors (Lipinski definition) is 1. The van der Waals surface area contributed by atoms with Gasteiger partial charge in [-0.3, -0.25) is 9.97 Å². The van der Waals surface area contributed by atoms with Crippen molar-refractivity contribution in [3.63, 3.8) is 0 Å². The molecule has 5 nitrogen and oxygen atoms in total. The summed E-state index contributed by atoms with van der Waals surface area (Å²) in [4.78, 5) is 12.9. The van der Waals surface area contributed by atoms with Crippen LogP contribution in [0.2, 0.25) is 0 Å². The molecule has 41 heavy (non-hydrogen) atoms. The van der Waals surface area contributed by atoms with Crippen LogP contribution in [0.1, 0.15) is 11.1 Å². The van der Waals surface area contributed by atoms with E-state index in [2.05, 4.69) is 27.9 Å². The number of alkyl halides is 3. The number of pyridine rings is 2. The second-order valence-corrected chi connectivity index (χ2v) is 10.3. The number of nitrogens with zero attached hydrogens (tertiary/aromatic N) is 4. The number of aromatic nitrogens is 2. The molecular weight excluding hydrogens is 523 g/mol. The van der Waals surface area contributed by atoms with Gasteiger partial charge in [0.15, 0.2) is 0 Å². The summed E-state index contributed by atoms with van der Waals surface area (Å²) >= 11 is 0. The number of anilines is 3. The van der Waals surface area contributed by atoms with Crippen molar-refractivity contribution in [2.75, 3.05) is 36.0 Å². The molecule has 0 atom stereocenters. The van der Waals surface area contributed by atoms with E-state index in [-0.39, 0.29) is 5.69 Å². The van der Waals surface area contributed by atoms with E-state index in [1.807, 2.05) is 60.8 Å². The van der Waals surface area contributed by atoms with Gasteiger partial charge in [-0.05, 0) is 60.2 Å². The molecule has 0 spiro atoms. The predicted molar refractivity (Wildman–Crippen MR) is 159 cm³/mol. The zero-order valence-corrected chi connectivity index (χ0v) is 22.1. The highest BCUT2D eigenvalue weighted by Gasteiger charge is 2.36. The Bertz CT molecular complexity index is 1850. The second-order valence-electron chi connectivity index (χ2n) is 10.3. The highest BCUT2D eigenvalue weighted by molar-refractivity contribution is 6.03. The summed E-state index contributed by atoms with van der Waals surface area (Å²) in [6.45, 7) is 6.54. The van der Waals surface area contributed by atoms with E-state index in [1.165, 1.54) is 6.07 Å². The number of benzene rings is 3. The number of rotatable bonds is 3. The van der Waals surface area contributed by atoms with Crippen LogP contribution in [-0.4, -0.2) is 36.1 Å².